The molecule has 0 aliphatic heterocycles. The van der Waals surface area contributed by atoms with Gasteiger partial charge >= 0.3 is 5.97 Å². The van der Waals surface area contributed by atoms with Gasteiger partial charge in [0.05, 0.1) is 13.5 Å². The SMILES string of the molecule is COc1ccc(CC(=O)O[C@H](C)c2nnc(-c3ccc(F)cc3)o2)cc1F. The van der Waals surface area contributed by atoms with Gasteiger partial charge in [-0.05, 0) is 48.9 Å². The van der Waals surface area contributed by atoms with Crippen LogP contribution in [-0.2, 0) is 16.0 Å². The average molecular weight is 374 g/mol. The van der Waals surface area contributed by atoms with Gasteiger partial charge in [0, 0.05) is 5.56 Å². The zero-order valence-electron chi connectivity index (χ0n) is 14.6. The molecule has 0 radical (unpaired) electrons. The van der Waals surface area contributed by atoms with Crippen molar-refractivity contribution in [2.45, 2.75) is 19.4 Å². The summed E-state index contributed by atoms with van der Waals surface area (Å²) in [5, 5.41) is 7.71. The molecule has 27 heavy (non-hydrogen) atoms. The van der Waals surface area contributed by atoms with Crippen LogP contribution in [0.4, 0.5) is 8.78 Å². The fourth-order valence-corrected chi connectivity index (χ4v) is 2.38. The molecule has 3 aromatic rings. The van der Waals surface area contributed by atoms with Crippen LogP contribution in [0, 0.1) is 11.6 Å². The van der Waals surface area contributed by atoms with Crippen LogP contribution in [0.25, 0.3) is 11.5 Å². The van der Waals surface area contributed by atoms with Crippen LogP contribution in [0.2, 0.25) is 0 Å². The summed E-state index contributed by atoms with van der Waals surface area (Å²) in [4.78, 5) is 12.1. The van der Waals surface area contributed by atoms with Gasteiger partial charge in [-0.15, -0.1) is 10.2 Å². The quantitative estimate of drug-likeness (QED) is 0.610. The third-order valence-corrected chi connectivity index (χ3v) is 3.75. The third-order valence-electron chi connectivity index (χ3n) is 3.75. The van der Waals surface area contributed by atoms with Crippen LogP contribution in [0.1, 0.15) is 24.5 Å². The molecule has 140 valence electrons. The van der Waals surface area contributed by atoms with Crippen molar-refractivity contribution in [2.24, 2.45) is 0 Å². The van der Waals surface area contributed by atoms with Crippen LogP contribution in [0.15, 0.2) is 46.9 Å². The van der Waals surface area contributed by atoms with Gasteiger partial charge in [0.15, 0.2) is 17.7 Å². The Bertz CT molecular complexity index is 941. The first kappa shape index (κ1) is 18.5. The van der Waals surface area contributed by atoms with Crippen LogP contribution in [0.5, 0.6) is 5.75 Å². The van der Waals surface area contributed by atoms with Gasteiger partial charge in [-0.1, -0.05) is 6.07 Å². The molecule has 0 spiro atoms. The predicted molar refractivity (Wildman–Crippen MR) is 90.9 cm³/mol. The van der Waals surface area contributed by atoms with Crippen molar-refractivity contribution in [3.8, 4) is 17.2 Å². The predicted octanol–water partition coefficient (Wildman–Crippen LogP) is 3.87. The number of methoxy groups -OCH3 is 1. The largest absolute Gasteiger partial charge is 0.494 e. The minimum atomic E-state index is -0.790. The second kappa shape index (κ2) is 7.94. The van der Waals surface area contributed by atoms with Gasteiger partial charge in [0.25, 0.3) is 5.89 Å². The van der Waals surface area contributed by atoms with E-state index >= 15 is 0 Å². The number of rotatable bonds is 6. The standard InChI is InChI=1S/C19H16F2N2O4/c1-11(18-22-23-19(27-18)13-4-6-14(20)7-5-13)26-17(24)10-12-3-8-16(25-2)15(21)9-12/h3-9,11H,10H2,1-2H3/t11-/m1/s1. The van der Waals surface area contributed by atoms with E-state index in [9.17, 15) is 13.6 Å². The van der Waals surface area contributed by atoms with E-state index in [2.05, 4.69) is 10.2 Å². The average Bonchev–Trinajstić information content (AvgIpc) is 3.12. The molecule has 0 saturated carbocycles. The molecule has 0 amide bonds. The lowest BCUT2D eigenvalue weighted by molar-refractivity contribution is -0.148. The molecule has 1 heterocycles. The molecule has 0 bridgehead atoms. The minimum absolute atomic E-state index is 0.0969. The number of aromatic nitrogens is 2. The van der Waals surface area contributed by atoms with Gasteiger partial charge < -0.3 is 13.9 Å². The summed E-state index contributed by atoms with van der Waals surface area (Å²) in [6.45, 7) is 1.58. The molecule has 2 aromatic carbocycles. The highest BCUT2D eigenvalue weighted by Gasteiger charge is 2.19. The summed E-state index contributed by atoms with van der Waals surface area (Å²) in [7, 11) is 1.36. The highest BCUT2D eigenvalue weighted by atomic mass is 19.1. The molecule has 0 aliphatic carbocycles. The molecule has 0 unspecified atom stereocenters. The molecule has 0 aliphatic rings. The highest BCUT2D eigenvalue weighted by Crippen LogP contribution is 2.23. The summed E-state index contributed by atoms with van der Waals surface area (Å²) >= 11 is 0. The van der Waals surface area contributed by atoms with Crippen LogP contribution >= 0.6 is 0 Å². The van der Waals surface area contributed by atoms with Gasteiger partial charge in [-0.3, -0.25) is 4.79 Å². The lowest BCUT2D eigenvalue weighted by Crippen LogP contribution is -2.12. The van der Waals surface area contributed by atoms with Gasteiger partial charge in [-0.25, -0.2) is 8.78 Å². The Morgan fingerprint density at radius 1 is 1.15 bits per heavy atom. The van der Waals surface area contributed by atoms with E-state index < -0.39 is 17.9 Å². The Kier molecular flexibility index (Phi) is 5.44. The normalized spacial score (nSPS) is 11.9. The molecule has 6 nitrogen and oxygen atoms in total. The maximum Gasteiger partial charge on any atom is 0.311 e. The van der Waals surface area contributed by atoms with Crippen molar-refractivity contribution in [1.29, 1.82) is 0 Å². The topological polar surface area (TPSA) is 74.5 Å². The Morgan fingerprint density at radius 3 is 2.56 bits per heavy atom. The zero-order valence-corrected chi connectivity index (χ0v) is 14.6. The molecule has 8 heteroatoms. The summed E-state index contributed by atoms with van der Waals surface area (Å²) in [6, 6.07) is 9.78. The first-order valence-electron chi connectivity index (χ1n) is 8.07. The molecule has 0 N–H and O–H groups in total. The van der Waals surface area contributed by atoms with Crippen molar-refractivity contribution in [3.05, 3.63) is 65.6 Å². The Balaban J connectivity index is 1.63. The van der Waals surface area contributed by atoms with E-state index in [1.54, 1.807) is 13.0 Å². The Hall–Kier alpha value is -3.29. The monoisotopic (exact) mass is 374 g/mol. The Morgan fingerprint density at radius 2 is 1.89 bits per heavy atom. The van der Waals surface area contributed by atoms with Crippen LogP contribution < -0.4 is 4.74 Å². The van der Waals surface area contributed by atoms with Gasteiger partial charge in [-0.2, -0.15) is 0 Å². The van der Waals surface area contributed by atoms with E-state index in [4.69, 9.17) is 13.9 Å². The lowest BCUT2D eigenvalue weighted by atomic mass is 10.1. The van der Waals surface area contributed by atoms with E-state index in [0.29, 0.717) is 11.1 Å². The second-order valence-corrected chi connectivity index (χ2v) is 5.73. The van der Waals surface area contributed by atoms with Crippen molar-refractivity contribution in [3.63, 3.8) is 0 Å². The molecule has 0 saturated heterocycles. The smallest absolute Gasteiger partial charge is 0.311 e. The number of carbonyl (C=O) groups is 1. The first-order chi connectivity index (χ1) is 13.0. The number of esters is 1. The maximum absolute atomic E-state index is 13.7. The zero-order chi connectivity index (χ0) is 19.4. The third kappa shape index (κ3) is 4.46. The number of hydrogen-bond acceptors (Lipinski definition) is 6. The van der Waals surface area contributed by atoms with Crippen molar-refractivity contribution in [1.82, 2.24) is 10.2 Å². The molecule has 1 aromatic heterocycles. The number of halogens is 2. The summed E-state index contributed by atoms with van der Waals surface area (Å²) in [5.74, 6) is -1.13. The molecule has 0 fully saturated rings. The van der Waals surface area contributed by atoms with Crippen molar-refractivity contribution >= 4 is 5.97 Å². The second-order valence-electron chi connectivity index (χ2n) is 5.73. The number of hydrogen-bond donors (Lipinski definition) is 0. The summed E-state index contributed by atoms with van der Waals surface area (Å²) in [5.41, 5.74) is 0.991. The van der Waals surface area contributed by atoms with Crippen LogP contribution in [-0.4, -0.2) is 23.3 Å². The molecular weight excluding hydrogens is 358 g/mol. The van der Waals surface area contributed by atoms with E-state index in [1.165, 1.54) is 43.5 Å². The fourth-order valence-electron chi connectivity index (χ4n) is 2.38. The summed E-state index contributed by atoms with van der Waals surface area (Å²) < 4.78 is 42.2. The van der Waals surface area contributed by atoms with Crippen molar-refractivity contribution in [2.75, 3.05) is 7.11 Å². The number of carbonyl (C=O) groups excluding carboxylic acids is 1. The first-order valence-corrected chi connectivity index (χ1v) is 8.07. The van der Waals surface area contributed by atoms with Crippen LogP contribution in [0.3, 0.4) is 0 Å². The van der Waals surface area contributed by atoms with Crippen molar-refractivity contribution < 1.29 is 27.5 Å². The molecular formula is C19H16F2N2O4. The van der Waals surface area contributed by atoms with E-state index in [1.807, 2.05) is 0 Å². The molecule has 1 atom stereocenters. The highest BCUT2D eigenvalue weighted by molar-refractivity contribution is 5.72. The number of nitrogens with zero attached hydrogens (tertiary/aromatic N) is 2. The maximum atomic E-state index is 13.7. The summed E-state index contributed by atoms with van der Waals surface area (Å²) in [6.07, 6.45) is -0.910. The molecule has 3 rings (SSSR count). The lowest BCUT2D eigenvalue weighted by Gasteiger charge is -2.10. The number of ether oxygens (including phenoxy) is 2. The minimum Gasteiger partial charge on any atom is -0.494 e. The number of benzene rings is 2. The van der Waals surface area contributed by atoms with Gasteiger partial charge in [0.1, 0.15) is 5.82 Å². The van der Waals surface area contributed by atoms with E-state index in [0.717, 1.165) is 0 Å². The Labute approximate surface area is 153 Å². The van der Waals surface area contributed by atoms with E-state index in [-0.39, 0.29) is 29.8 Å². The van der Waals surface area contributed by atoms with Gasteiger partial charge in [0.2, 0.25) is 5.89 Å². The fraction of sp³-hybridized carbons (Fsp3) is 0.211.